The van der Waals surface area contributed by atoms with E-state index >= 15 is 0 Å². The number of unbranched alkanes of at least 4 members (excludes halogenated alkanes) is 10. The lowest BCUT2D eigenvalue weighted by Crippen LogP contribution is -2.62. The first-order valence-corrected chi connectivity index (χ1v) is 18.5. The monoisotopic (exact) mass is 704 g/mol. The second-order valence-electron chi connectivity index (χ2n) is 14.2. The van der Waals surface area contributed by atoms with Gasteiger partial charge in [0.25, 0.3) is 0 Å². The topological polar surface area (TPSA) is 235 Å². The van der Waals surface area contributed by atoms with Gasteiger partial charge >= 0.3 is 11.9 Å². The van der Waals surface area contributed by atoms with Crippen molar-refractivity contribution in [3.05, 3.63) is 0 Å². The zero-order chi connectivity index (χ0) is 36.5. The summed E-state index contributed by atoms with van der Waals surface area (Å²) < 4.78 is 11.7. The van der Waals surface area contributed by atoms with Crippen molar-refractivity contribution >= 4 is 17.8 Å². The Balaban J connectivity index is 1.88. The molecule has 0 saturated heterocycles. The highest BCUT2D eigenvalue weighted by atomic mass is 16.5. The van der Waals surface area contributed by atoms with Gasteiger partial charge < -0.3 is 55.9 Å². The van der Waals surface area contributed by atoms with E-state index in [0.29, 0.717) is 25.9 Å². The van der Waals surface area contributed by atoms with Crippen molar-refractivity contribution in [2.45, 2.75) is 178 Å². The Morgan fingerprint density at radius 2 is 1.27 bits per heavy atom. The standard InChI is InChI=1S/C35H64N2O12/c1-4-5-6-7-8-9-10-11-12-15-18-48-25-20-23(34(44)45)32(31(42)28(25)39)49-26-19-22(27(38)30(41)29(26)40)33(43)36-17-14-13-16-24(35(46)47)37-21(2)3/h21-32,37-42H,4-20H2,1-3H3,(H,36,43)(H,44,45)(H,46,47)/t22-,23-,24-,25+,26+,27+,28-,29-,30-,31+,32+/m0/s1. The Hall–Kier alpha value is -1.91. The average Bonchev–Trinajstić information content (AvgIpc) is 3.05. The largest absolute Gasteiger partial charge is 0.481 e. The highest BCUT2D eigenvalue weighted by Crippen LogP contribution is 2.35. The van der Waals surface area contributed by atoms with E-state index in [9.17, 15) is 50.1 Å². The van der Waals surface area contributed by atoms with Crippen LogP contribution in [0.5, 0.6) is 0 Å². The van der Waals surface area contributed by atoms with Crippen LogP contribution in [0.25, 0.3) is 0 Å². The van der Waals surface area contributed by atoms with Crippen LogP contribution in [0.4, 0.5) is 0 Å². The van der Waals surface area contributed by atoms with Crippen LogP contribution in [0.15, 0.2) is 0 Å². The third-order valence-corrected chi connectivity index (χ3v) is 9.80. The summed E-state index contributed by atoms with van der Waals surface area (Å²) in [7, 11) is 0. The highest BCUT2D eigenvalue weighted by Gasteiger charge is 2.52. The van der Waals surface area contributed by atoms with Gasteiger partial charge in [-0.15, -0.1) is 0 Å². The summed E-state index contributed by atoms with van der Waals surface area (Å²) in [4.78, 5) is 36.7. The maximum atomic E-state index is 13.0. The summed E-state index contributed by atoms with van der Waals surface area (Å²) in [5, 5.41) is 78.6. The second-order valence-corrected chi connectivity index (χ2v) is 14.2. The molecule has 14 nitrogen and oxygen atoms in total. The van der Waals surface area contributed by atoms with E-state index < -0.39 is 84.6 Å². The first-order chi connectivity index (χ1) is 23.3. The van der Waals surface area contributed by atoms with Gasteiger partial charge in [-0.2, -0.15) is 0 Å². The van der Waals surface area contributed by atoms with E-state index in [0.717, 1.165) is 25.7 Å². The van der Waals surface area contributed by atoms with Gasteiger partial charge in [-0.1, -0.05) is 78.6 Å². The van der Waals surface area contributed by atoms with E-state index in [4.69, 9.17) is 9.47 Å². The van der Waals surface area contributed by atoms with Crippen molar-refractivity contribution in [1.29, 1.82) is 0 Å². The summed E-state index contributed by atoms with van der Waals surface area (Å²) in [6, 6.07) is -0.733. The summed E-state index contributed by atoms with van der Waals surface area (Å²) in [5.74, 6) is -5.41. The summed E-state index contributed by atoms with van der Waals surface area (Å²) in [5.41, 5.74) is 0. The van der Waals surface area contributed by atoms with E-state index in [1.165, 1.54) is 38.5 Å². The number of ether oxygens (including phenoxy) is 2. The number of aliphatic hydroxyl groups excluding tert-OH is 5. The Morgan fingerprint density at radius 3 is 1.84 bits per heavy atom. The van der Waals surface area contributed by atoms with Gasteiger partial charge in [-0.25, -0.2) is 0 Å². The average molecular weight is 705 g/mol. The molecule has 2 aliphatic rings. The van der Waals surface area contributed by atoms with E-state index in [2.05, 4.69) is 17.6 Å². The fourth-order valence-electron chi connectivity index (χ4n) is 6.87. The lowest BCUT2D eigenvalue weighted by atomic mass is 9.78. The zero-order valence-corrected chi connectivity index (χ0v) is 29.6. The fourth-order valence-corrected chi connectivity index (χ4v) is 6.87. The molecule has 1 amide bonds. The molecule has 14 heteroatoms. The first-order valence-electron chi connectivity index (χ1n) is 18.5. The van der Waals surface area contributed by atoms with Gasteiger partial charge in [0.1, 0.15) is 30.5 Å². The molecular formula is C35H64N2O12. The van der Waals surface area contributed by atoms with E-state index in [1.807, 2.05) is 13.8 Å². The molecule has 9 N–H and O–H groups in total. The molecule has 0 heterocycles. The minimum atomic E-state index is -1.79. The van der Waals surface area contributed by atoms with Crippen LogP contribution < -0.4 is 10.6 Å². The van der Waals surface area contributed by atoms with Crippen LogP contribution in [-0.4, -0.2) is 128 Å². The molecule has 0 bridgehead atoms. The minimum absolute atomic E-state index is 0.0109. The van der Waals surface area contributed by atoms with Gasteiger partial charge in [0.2, 0.25) is 5.91 Å². The molecule has 11 atom stereocenters. The third kappa shape index (κ3) is 14.3. The number of carbonyl (C=O) groups is 3. The first kappa shape index (κ1) is 43.3. The zero-order valence-electron chi connectivity index (χ0n) is 29.6. The van der Waals surface area contributed by atoms with Crippen molar-refractivity contribution in [2.24, 2.45) is 11.8 Å². The Labute approximate surface area is 291 Å². The van der Waals surface area contributed by atoms with Crippen LogP contribution in [0.2, 0.25) is 0 Å². The molecular weight excluding hydrogens is 640 g/mol. The molecule has 286 valence electrons. The molecule has 0 aromatic rings. The number of carbonyl (C=O) groups excluding carboxylic acids is 1. The van der Waals surface area contributed by atoms with Crippen LogP contribution in [0, 0.1) is 11.8 Å². The SMILES string of the molecule is CCCCCCCCCCCCO[C@@H]1C[C@H](C(=O)O)[C@@H](O[C@@H]2C[C@H](C(=O)NCCCC[C@H](NC(C)C)C(=O)O)[C@@H](O)[C@H](O)[C@H]2O)[C@H](O)[C@H]1O. The lowest BCUT2D eigenvalue weighted by Gasteiger charge is -2.45. The number of aliphatic carboxylic acids is 2. The molecule has 0 radical (unpaired) electrons. The maximum absolute atomic E-state index is 13.0. The summed E-state index contributed by atoms with van der Waals surface area (Å²) >= 11 is 0. The maximum Gasteiger partial charge on any atom is 0.320 e. The summed E-state index contributed by atoms with van der Waals surface area (Å²) in [6.45, 7) is 6.37. The third-order valence-electron chi connectivity index (χ3n) is 9.80. The Morgan fingerprint density at radius 1 is 0.694 bits per heavy atom. The van der Waals surface area contributed by atoms with Gasteiger partial charge in [-0.05, 0) is 38.5 Å². The highest BCUT2D eigenvalue weighted by molar-refractivity contribution is 5.79. The molecule has 0 aromatic heterocycles. The van der Waals surface area contributed by atoms with Gasteiger partial charge in [-0.3, -0.25) is 14.4 Å². The molecule has 49 heavy (non-hydrogen) atoms. The normalized spacial score (nSPS) is 31.0. The molecule has 0 unspecified atom stereocenters. The number of carboxylic acid groups (broad SMARTS) is 2. The molecule has 0 aliphatic heterocycles. The number of amides is 1. The van der Waals surface area contributed by atoms with Crippen molar-refractivity contribution < 1.29 is 59.6 Å². The van der Waals surface area contributed by atoms with E-state index in [-0.39, 0.29) is 25.4 Å². The van der Waals surface area contributed by atoms with Crippen LogP contribution in [0.1, 0.15) is 117 Å². The molecule has 0 spiro atoms. The number of carboxylic acids is 2. The van der Waals surface area contributed by atoms with Crippen LogP contribution >= 0.6 is 0 Å². The minimum Gasteiger partial charge on any atom is -0.481 e. The van der Waals surface area contributed by atoms with Crippen molar-refractivity contribution in [3.63, 3.8) is 0 Å². The van der Waals surface area contributed by atoms with Crippen molar-refractivity contribution in [1.82, 2.24) is 10.6 Å². The number of hydrogen-bond acceptors (Lipinski definition) is 11. The molecule has 2 rings (SSSR count). The van der Waals surface area contributed by atoms with Gasteiger partial charge in [0, 0.05) is 19.2 Å². The molecule has 2 saturated carbocycles. The number of rotatable bonds is 24. The number of nitrogens with one attached hydrogen (secondary N) is 2. The predicted octanol–water partition coefficient (Wildman–Crippen LogP) is 1.71. The Bertz CT molecular complexity index is 971. The number of hydrogen-bond donors (Lipinski definition) is 9. The van der Waals surface area contributed by atoms with Crippen molar-refractivity contribution in [2.75, 3.05) is 13.2 Å². The fraction of sp³-hybridized carbons (Fsp3) is 0.914. The van der Waals surface area contributed by atoms with Gasteiger partial charge in [0.15, 0.2) is 0 Å². The van der Waals surface area contributed by atoms with Gasteiger partial charge in [0.05, 0.1) is 36.3 Å². The van der Waals surface area contributed by atoms with E-state index in [1.54, 1.807) is 0 Å². The Kier molecular flexibility index (Phi) is 20.1. The van der Waals surface area contributed by atoms with Crippen LogP contribution in [-0.2, 0) is 23.9 Å². The molecule has 2 aliphatic carbocycles. The number of aliphatic hydroxyl groups is 5. The second kappa shape index (κ2) is 22.8. The summed E-state index contributed by atoms with van der Waals surface area (Å²) in [6.07, 6.45) is 0.244. The lowest BCUT2D eigenvalue weighted by molar-refractivity contribution is -0.237. The predicted molar refractivity (Wildman–Crippen MR) is 181 cm³/mol. The van der Waals surface area contributed by atoms with Crippen LogP contribution in [0.3, 0.4) is 0 Å². The quantitative estimate of drug-likeness (QED) is 0.0652. The smallest absolute Gasteiger partial charge is 0.320 e. The van der Waals surface area contributed by atoms with Crippen molar-refractivity contribution in [3.8, 4) is 0 Å². The molecule has 2 fully saturated rings. The molecule has 0 aromatic carbocycles.